The van der Waals surface area contributed by atoms with Crippen molar-refractivity contribution in [2.75, 3.05) is 13.1 Å². The molecule has 2 N–H and O–H groups in total. The van der Waals surface area contributed by atoms with Gasteiger partial charge in [-0.05, 0) is 49.4 Å². The van der Waals surface area contributed by atoms with E-state index in [0.717, 1.165) is 31.9 Å². The molecule has 21 heavy (non-hydrogen) atoms. The summed E-state index contributed by atoms with van der Waals surface area (Å²) in [6.45, 7) is 3.29. The molecule has 1 aliphatic rings. The van der Waals surface area contributed by atoms with Crippen LogP contribution in [0, 0.1) is 17.6 Å². The third-order valence-corrected chi connectivity index (χ3v) is 4.78. The number of rotatable bonds is 8. The summed E-state index contributed by atoms with van der Waals surface area (Å²) in [4.78, 5) is -0.614. The fraction of sp³-hybridized carbons (Fsp3) is 0.571. The molecule has 2 rings (SSSR count). The number of halogens is 2. The Balaban J connectivity index is 2.19. The maximum Gasteiger partial charge on any atom is 0.243 e. The van der Waals surface area contributed by atoms with Gasteiger partial charge in [0.2, 0.25) is 10.0 Å². The molecule has 0 amide bonds. The van der Waals surface area contributed by atoms with Gasteiger partial charge in [-0.15, -0.1) is 0 Å². The highest BCUT2D eigenvalue weighted by Gasteiger charge is 2.27. The predicted molar refractivity (Wildman–Crippen MR) is 76.3 cm³/mol. The molecule has 0 heterocycles. The van der Waals surface area contributed by atoms with E-state index in [0.29, 0.717) is 18.0 Å². The van der Waals surface area contributed by atoms with Crippen LogP contribution in [0.2, 0.25) is 0 Å². The van der Waals surface area contributed by atoms with E-state index >= 15 is 0 Å². The number of hydrogen-bond donors (Lipinski definition) is 2. The second-order valence-corrected chi connectivity index (χ2v) is 7.10. The van der Waals surface area contributed by atoms with E-state index in [9.17, 15) is 17.2 Å². The summed E-state index contributed by atoms with van der Waals surface area (Å²) in [7, 11) is -4.01. The Morgan fingerprint density at radius 3 is 2.62 bits per heavy atom. The summed E-state index contributed by atoms with van der Waals surface area (Å²) in [5.74, 6) is -2.14. The van der Waals surface area contributed by atoms with Crippen LogP contribution in [-0.2, 0) is 16.6 Å². The van der Waals surface area contributed by atoms with Crippen LogP contribution in [0.25, 0.3) is 0 Å². The SMILES string of the molecule is CCCNCc1cc(F)c(F)c(S(=O)(=O)NCC2CC2)c1. The Hall–Kier alpha value is -1.05. The Morgan fingerprint density at radius 2 is 2.00 bits per heavy atom. The third kappa shape index (κ3) is 4.46. The summed E-state index contributed by atoms with van der Waals surface area (Å²) in [6.07, 6.45) is 2.85. The second-order valence-electron chi connectivity index (χ2n) is 5.36. The lowest BCUT2D eigenvalue weighted by Gasteiger charge is -2.10. The van der Waals surface area contributed by atoms with Crippen LogP contribution in [0.4, 0.5) is 8.78 Å². The molecule has 118 valence electrons. The number of nitrogens with one attached hydrogen (secondary N) is 2. The van der Waals surface area contributed by atoms with Gasteiger partial charge in [0.1, 0.15) is 4.90 Å². The van der Waals surface area contributed by atoms with E-state index in [-0.39, 0.29) is 6.54 Å². The zero-order valence-corrected chi connectivity index (χ0v) is 12.8. The Kier molecular flexibility index (Phi) is 5.29. The summed E-state index contributed by atoms with van der Waals surface area (Å²) < 4.78 is 53.9. The third-order valence-electron chi connectivity index (χ3n) is 3.36. The first-order valence-electron chi connectivity index (χ1n) is 7.12. The van der Waals surface area contributed by atoms with Crippen molar-refractivity contribution in [2.24, 2.45) is 5.92 Å². The van der Waals surface area contributed by atoms with E-state index in [4.69, 9.17) is 0 Å². The van der Waals surface area contributed by atoms with E-state index < -0.39 is 26.6 Å². The number of hydrogen-bond acceptors (Lipinski definition) is 3. The van der Waals surface area contributed by atoms with E-state index in [1.54, 1.807) is 0 Å². The molecule has 0 aliphatic heterocycles. The van der Waals surface area contributed by atoms with Crippen LogP contribution in [-0.4, -0.2) is 21.5 Å². The first-order valence-corrected chi connectivity index (χ1v) is 8.60. The van der Waals surface area contributed by atoms with Gasteiger partial charge in [0.15, 0.2) is 11.6 Å². The summed E-state index contributed by atoms with van der Waals surface area (Å²) >= 11 is 0. The van der Waals surface area contributed by atoms with Gasteiger partial charge < -0.3 is 5.32 Å². The van der Waals surface area contributed by atoms with Gasteiger partial charge in [-0.1, -0.05) is 6.92 Å². The topological polar surface area (TPSA) is 58.2 Å². The smallest absolute Gasteiger partial charge is 0.243 e. The minimum Gasteiger partial charge on any atom is -0.313 e. The highest BCUT2D eigenvalue weighted by Crippen LogP contribution is 2.28. The van der Waals surface area contributed by atoms with E-state index in [1.807, 2.05) is 6.92 Å². The zero-order chi connectivity index (χ0) is 15.5. The fourth-order valence-electron chi connectivity index (χ4n) is 1.95. The van der Waals surface area contributed by atoms with Crippen molar-refractivity contribution in [3.05, 3.63) is 29.3 Å². The van der Waals surface area contributed by atoms with Gasteiger partial charge in [0, 0.05) is 13.1 Å². The quantitative estimate of drug-likeness (QED) is 0.722. The highest BCUT2D eigenvalue weighted by atomic mass is 32.2. The van der Waals surface area contributed by atoms with Crippen molar-refractivity contribution < 1.29 is 17.2 Å². The van der Waals surface area contributed by atoms with Crippen LogP contribution in [0.1, 0.15) is 31.7 Å². The van der Waals surface area contributed by atoms with Gasteiger partial charge in [-0.3, -0.25) is 0 Å². The maximum absolute atomic E-state index is 13.8. The van der Waals surface area contributed by atoms with Gasteiger partial charge >= 0.3 is 0 Å². The predicted octanol–water partition coefficient (Wildman–Crippen LogP) is 2.15. The lowest BCUT2D eigenvalue weighted by atomic mass is 10.2. The first kappa shape index (κ1) is 16.3. The van der Waals surface area contributed by atoms with Crippen molar-refractivity contribution in [1.82, 2.24) is 10.0 Å². The van der Waals surface area contributed by atoms with Crippen molar-refractivity contribution in [1.29, 1.82) is 0 Å². The van der Waals surface area contributed by atoms with Crippen molar-refractivity contribution in [3.63, 3.8) is 0 Å². The van der Waals surface area contributed by atoms with Gasteiger partial charge in [-0.25, -0.2) is 21.9 Å². The molecule has 4 nitrogen and oxygen atoms in total. The minimum atomic E-state index is -4.01. The van der Waals surface area contributed by atoms with Crippen molar-refractivity contribution in [3.8, 4) is 0 Å². The molecular formula is C14H20F2N2O2S. The molecule has 0 bridgehead atoms. The molecule has 0 spiro atoms. The average molecular weight is 318 g/mol. The van der Waals surface area contributed by atoms with E-state index in [2.05, 4.69) is 10.0 Å². The van der Waals surface area contributed by atoms with Crippen LogP contribution in [0.15, 0.2) is 17.0 Å². The standard InChI is InChI=1S/C14H20F2N2O2S/c1-2-5-17-8-11-6-12(15)14(16)13(7-11)21(19,20)18-9-10-3-4-10/h6-7,10,17-18H,2-5,8-9H2,1H3. The highest BCUT2D eigenvalue weighted by molar-refractivity contribution is 7.89. The lowest BCUT2D eigenvalue weighted by molar-refractivity contribution is 0.480. The minimum absolute atomic E-state index is 0.279. The van der Waals surface area contributed by atoms with Gasteiger partial charge in [0.05, 0.1) is 0 Å². The maximum atomic E-state index is 13.8. The largest absolute Gasteiger partial charge is 0.313 e. The van der Waals surface area contributed by atoms with Crippen LogP contribution >= 0.6 is 0 Å². The molecule has 0 radical (unpaired) electrons. The average Bonchev–Trinajstić information content (AvgIpc) is 3.24. The molecule has 0 aromatic heterocycles. The summed E-state index contributed by atoms with van der Waals surface area (Å²) in [6, 6.07) is 2.22. The molecular weight excluding hydrogens is 298 g/mol. The lowest BCUT2D eigenvalue weighted by Crippen LogP contribution is -2.27. The number of sulfonamides is 1. The first-order chi connectivity index (χ1) is 9.94. The normalized spacial score (nSPS) is 15.4. The summed E-state index contributed by atoms with van der Waals surface area (Å²) in [5.41, 5.74) is 0.411. The van der Waals surface area contributed by atoms with Crippen LogP contribution in [0.3, 0.4) is 0 Å². The molecule has 1 fully saturated rings. The molecule has 1 saturated carbocycles. The Morgan fingerprint density at radius 1 is 1.29 bits per heavy atom. The summed E-state index contributed by atoms with van der Waals surface area (Å²) in [5, 5.41) is 3.03. The fourth-order valence-corrected chi connectivity index (χ4v) is 3.20. The number of benzene rings is 1. The van der Waals surface area contributed by atoms with Gasteiger partial charge in [-0.2, -0.15) is 0 Å². The van der Waals surface area contributed by atoms with Crippen LogP contribution < -0.4 is 10.0 Å². The molecule has 0 saturated heterocycles. The monoisotopic (exact) mass is 318 g/mol. The second kappa shape index (κ2) is 6.81. The Labute approximate surface area is 124 Å². The molecule has 1 aliphatic carbocycles. The molecule has 1 aromatic carbocycles. The van der Waals surface area contributed by atoms with Crippen molar-refractivity contribution >= 4 is 10.0 Å². The molecule has 0 atom stereocenters. The Bertz CT molecular complexity index is 601. The molecule has 0 unspecified atom stereocenters. The van der Waals surface area contributed by atoms with Crippen LogP contribution in [0.5, 0.6) is 0 Å². The van der Waals surface area contributed by atoms with E-state index in [1.165, 1.54) is 6.07 Å². The molecule has 1 aromatic rings. The molecule has 7 heteroatoms. The van der Waals surface area contributed by atoms with Crippen molar-refractivity contribution in [2.45, 2.75) is 37.6 Å². The zero-order valence-electron chi connectivity index (χ0n) is 12.0. The van der Waals surface area contributed by atoms with Gasteiger partial charge in [0.25, 0.3) is 0 Å².